The summed E-state index contributed by atoms with van der Waals surface area (Å²) in [6, 6.07) is 12.3. The number of aromatic nitrogens is 1. The molecule has 2 rings (SSSR count). The van der Waals surface area contributed by atoms with Gasteiger partial charge in [-0.1, -0.05) is 24.3 Å². The first-order chi connectivity index (χ1) is 10.6. The molecule has 5 heteroatoms. The summed E-state index contributed by atoms with van der Waals surface area (Å²) in [5.41, 5.74) is 1.43. The Morgan fingerprint density at radius 3 is 2.41 bits per heavy atom. The van der Waals surface area contributed by atoms with Crippen LogP contribution in [0.2, 0.25) is 0 Å². The van der Waals surface area contributed by atoms with Gasteiger partial charge in [0.2, 0.25) is 0 Å². The molecule has 22 heavy (non-hydrogen) atoms. The van der Waals surface area contributed by atoms with Crippen molar-refractivity contribution >= 4 is 17.9 Å². The Hall–Kier alpha value is -2.95. The van der Waals surface area contributed by atoms with Crippen LogP contribution >= 0.6 is 0 Å². The molecule has 0 aliphatic carbocycles. The molecule has 1 aromatic carbocycles. The van der Waals surface area contributed by atoms with E-state index < -0.39 is 0 Å². The molecule has 0 fully saturated rings. The standard InChI is InChI=1S/C17H17N3O2/c1-20(2)17(22)15(11-13-7-6-10-18-12-13)19-16(21)14-8-4-3-5-9-14/h3-12H,1-2H3,(H,19,21)/b15-11+. The molecule has 0 saturated carbocycles. The maximum absolute atomic E-state index is 12.2. The van der Waals surface area contributed by atoms with Crippen LogP contribution in [0.3, 0.4) is 0 Å². The summed E-state index contributed by atoms with van der Waals surface area (Å²) in [5, 5.41) is 2.67. The van der Waals surface area contributed by atoms with E-state index >= 15 is 0 Å². The van der Waals surface area contributed by atoms with Gasteiger partial charge >= 0.3 is 0 Å². The van der Waals surface area contributed by atoms with Crippen molar-refractivity contribution in [2.75, 3.05) is 14.1 Å². The van der Waals surface area contributed by atoms with Crippen LogP contribution in [0.1, 0.15) is 15.9 Å². The number of nitrogens with one attached hydrogen (secondary N) is 1. The number of carbonyl (C=O) groups is 2. The number of nitrogens with zero attached hydrogens (tertiary/aromatic N) is 2. The predicted octanol–water partition coefficient (Wildman–Crippen LogP) is 1.94. The smallest absolute Gasteiger partial charge is 0.269 e. The van der Waals surface area contributed by atoms with Crippen molar-refractivity contribution in [1.29, 1.82) is 0 Å². The van der Waals surface area contributed by atoms with Crippen LogP contribution in [0.25, 0.3) is 6.08 Å². The average molecular weight is 295 g/mol. The molecule has 1 N–H and O–H groups in total. The summed E-state index contributed by atoms with van der Waals surface area (Å²) in [6.07, 6.45) is 4.88. The maximum Gasteiger partial charge on any atom is 0.269 e. The van der Waals surface area contributed by atoms with Crippen molar-refractivity contribution in [2.45, 2.75) is 0 Å². The molecule has 0 bridgehead atoms. The normalized spacial score (nSPS) is 10.9. The van der Waals surface area contributed by atoms with Gasteiger partial charge in [0.1, 0.15) is 5.70 Å². The third-order valence-corrected chi connectivity index (χ3v) is 2.92. The second-order valence-corrected chi connectivity index (χ2v) is 4.86. The molecular weight excluding hydrogens is 278 g/mol. The first kappa shape index (κ1) is 15.4. The molecule has 0 radical (unpaired) electrons. The van der Waals surface area contributed by atoms with Crippen molar-refractivity contribution in [1.82, 2.24) is 15.2 Å². The van der Waals surface area contributed by atoms with Gasteiger partial charge in [0, 0.05) is 32.1 Å². The molecule has 0 atom stereocenters. The summed E-state index contributed by atoms with van der Waals surface area (Å²) in [6.45, 7) is 0. The molecule has 0 saturated heterocycles. The van der Waals surface area contributed by atoms with E-state index in [0.29, 0.717) is 5.56 Å². The van der Waals surface area contributed by atoms with Gasteiger partial charge < -0.3 is 10.2 Å². The topological polar surface area (TPSA) is 62.3 Å². The van der Waals surface area contributed by atoms with E-state index in [0.717, 1.165) is 5.56 Å². The highest BCUT2D eigenvalue weighted by Crippen LogP contribution is 2.07. The van der Waals surface area contributed by atoms with Gasteiger partial charge in [-0.2, -0.15) is 0 Å². The molecule has 2 aromatic rings. The van der Waals surface area contributed by atoms with E-state index in [9.17, 15) is 9.59 Å². The van der Waals surface area contributed by atoms with Crippen LogP contribution < -0.4 is 5.32 Å². The lowest BCUT2D eigenvalue weighted by Gasteiger charge is -2.14. The van der Waals surface area contributed by atoms with Crippen LogP contribution in [0.15, 0.2) is 60.6 Å². The Labute approximate surface area is 129 Å². The lowest BCUT2D eigenvalue weighted by molar-refractivity contribution is -0.124. The highest BCUT2D eigenvalue weighted by molar-refractivity contribution is 6.05. The molecule has 1 aromatic heterocycles. The van der Waals surface area contributed by atoms with E-state index in [1.807, 2.05) is 12.1 Å². The summed E-state index contributed by atoms with van der Waals surface area (Å²) in [4.78, 5) is 29.9. The van der Waals surface area contributed by atoms with E-state index in [4.69, 9.17) is 0 Å². The zero-order chi connectivity index (χ0) is 15.9. The Balaban J connectivity index is 2.28. The van der Waals surface area contributed by atoms with E-state index in [1.165, 1.54) is 4.90 Å². The van der Waals surface area contributed by atoms with Crippen molar-refractivity contribution in [2.24, 2.45) is 0 Å². The van der Waals surface area contributed by atoms with E-state index in [1.54, 1.807) is 62.9 Å². The fourth-order valence-corrected chi connectivity index (χ4v) is 1.80. The highest BCUT2D eigenvalue weighted by Gasteiger charge is 2.15. The van der Waals surface area contributed by atoms with Gasteiger partial charge in [0.15, 0.2) is 0 Å². The van der Waals surface area contributed by atoms with Crippen LogP contribution in [-0.4, -0.2) is 35.8 Å². The number of rotatable bonds is 4. The number of amides is 2. The molecule has 2 amide bonds. The monoisotopic (exact) mass is 295 g/mol. The Kier molecular flexibility index (Phi) is 5.03. The number of likely N-dealkylation sites (N-methyl/N-ethyl adjacent to an activating group) is 1. The van der Waals surface area contributed by atoms with Gasteiger partial charge in [0.05, 0.1) is 0 Å². The highest BCUT2D eigenvalue weighted by atomic mass is 16.2. The van der Waals surface area contributed by atoms with Crippen LogP contribution in [0.5, 0.6) is 0 Å². The van der Waals surface area contributed by atoms with Crippen molar-refractivity contribution in [3.8, 4) is 0 Å². The van der Waals surface area contributed by atoms with Crippen molar-refractivity contribution in [3.05, 3.63) is 71.7 Å². The lowest BCUT2D eigenvalue weighted by Crippen LogP contribution is -2.34. The maximum atomic E-state index is 12.2. The number of benzene rings is 1. The van der Waals surface area contributed by atoms with Crippen molar-refractivity contribution < 1.29 is 9.59 Å². The molecule has 0 unspecified atom stereocenters. The first-order valence-corrected chi connectivity index (χ1v) is 6.77. The Morgan fingerprint density at radius 2 is 1.82 bits per heavy atom. The minimum atomic E-state index is -0.328. The van der Waals surface area contributed by atoms with Gasteiger partial charge in [0.25, 0.3) is 11.8 Å². The Morgan fingerprint density at radius 1 is 1.09 bits per heavy atom. The van der Waals surface area contributed by atoms with Gasteiger partial charge in [-0.3, -0.25) is 14.6 Å². The van der Waals surface area contributed by atoms with Crippen LogP contribution in [-0.2, 0) is 4.79 Å². The number of pyridine rings is 1. The zero-order valence-electron chi connectivity index (χ0n) is 12.5. The third-order valence-electron chi connectivity index (χ3n) is 2.92. The second-order valence-electron chi connectivity index (χ2n) is 4.86. The van der Waals surface area contributed by atoms with Gasteiger partial charge in [-0.15, -0.1) is 0 Å². The van der Waals surface area contributed by atoms with Crippen LogP contribution in [0.4, 0.5) is 0 Å². The molecular formula is C17H17N3O2. The molecule has 1 heterocycles. The zero-order valence-corrected chi connectivity index (χ0v) is 12.5. The Bertz CT molecular complexity index is 680. The van der Waals surface area contributed by atoms with Gasteiger partial charge in [-0.05, 0) is 29.8 Å². The fourth-order valence-electron chi connectivity index (χ4n) is 1.80. The minimum Gasteiger partial charge on any atom is -0.344 e. The molecule has 5 nitrogen and oxygen atoms in total. The minimum absolute atomic E-state index is 0.201. The SMILES string of the molecule is CN(C)C(=O)/C(=C\c1cccnc1)NC(=O)c1ccccc1. The fraction of sp³-hybridized carbons (Fsp3) is 0.118. The van der Waals surface area contributed by atoms with Crippen molar-refractivity contribution in [3.63, 3.8) is 0 Å². The largest absolute Gasteiger partial charge is 0.344 e. The number of carbonyl (C=O) groups excluding carboxylic acids is 2. The van der Waals surface area contributed by atoms with Gasteiger partial charge in [-0.25, -0.2) is 0 Å². The second kappa shape index (κ2) is 7.17. The van der Waals surface area contributed by atoms with E-state index in [-0.39, 0.29) is 17.5 Å². The molecule has 0 aliphatic rings. The first-order valence-electron chi connectivity index (χ1n) is 6.77. The number of hydrogen-bond donors (Lipinski definition) is 1. The molecule has 112 valence electrons. The number of hydrogen-bond acceptors (Lipinski definition) is 3. The van der Waals surface area contributed by atoms with E-state index in [2.05, 4.69) is 10.3 Å². The quantitative estimate of drug-likeness (QED) is 0.877. The van der Waals surface area contributed by atoms with Crippen LogP contribution in [0, 0.1) is 0 Å². The third kappa shape index (κ3) is 4.02. The summed E-state index contributed by atoms with van der Waals surface area (Å²) < 4.78 is 0. The lowest BCUT2D eigenvalue weighted by atomic mass is 10.2. The average Bonchev–Trinajstić information content (AvgIpc) is 2.55. The summed E-state index contributed by atoms with van der Waals surface area (Å²) in [5.74, 6) is -0.612. The molecule has 0 aliphatic heterocycles. The predicted molar refractivity (Wildman–Crippen MR) is 84.8 cm³/mol. The summed E-state index contributed by atoms with van der Waals surface area (Å²) in [7, 11) is 3.27. The summed E-state index contributed by atoms with van der Waals surface area (Å²) >= 11 is 0. The molecule has 0 spiro atoms.